The van der Waals surface area contributed by atoms with Gasteiger partial charge in [-0.2, -0.15) is 0 Å². The number of aryl methyl sites for hydroxylation is 2. The number of esters is 1. The van der Waals surface area contributed by atoms with Crippen LogP contribution >= 0.6 is 11.3 Å². The van der Waals surface area contributed by atoms with Crippen LogP contribution in [0.2, 0.25) is 0 Å². The van der Waals surface area contributed by atoms with E-state index in [1.54, 1.807) is 18.2 Å². The van der Waals surface area contributed by atoms with Crippen LogP contribution in [0, 0.1) is 13.8 Å². The van der Waals surface area contributed by atoms with Gasteiger partial charge in [-0.3, -0.25) is 4.79 Å². The Morgan fingerprint density at radius 2 is 1.87 bits per heavy atom. The van der Waals surface area contributed by atoms with Gasteiger partial charge in [0.1, 0.15) is 16.3 Å². The van der Waals surface area contributed by atoms with E-state index in [2.05, 4.69) is 5.32 Å². The number of hydrogen-bond acceptors (Lipinski definition) is 6. The average molecular weight is 439 g/mol. The molecule has 6 nitrogen and oxygen atoms in total. The Morgan fingerprint density at radius 1 is 1.10 bits per heavy atom. The number of carbonyl (C=O) groups is 2. The van der Waals surface area contributed by atoms with Crippen molar-refractivity contribution in [1.82, 2.24) is 0 Å². The van der Waals surface area contributed by atoms with Gasteiger partial charge in [0, 0.05) is 16.5 Å². The van der Waals surface area contributed by atoms with Crippen molar-refractivity contribution in [1.29, 1.82) is 0 Å². The summed E-state index contributed by atoms with van der Waals surface area (Å²) in [5, 5.41) is 5.13. The molecule has 1 heterocycles. The molecule has 0 bridgehead atoms. The summed E-state index contributed by atoms with van der Waals surface area (Å²) in [7, 11) is 1.33. The zero-order valence-corrected chi connectivity index (χ0v) is 18.9. The van der Waals surface area contributed by atoms with Gasteiger partial charge in [-0.25, -0.2) is 4.79 Å². The second-order valence-corrected chi connectivity index (χ2v) is 8.10. The lowest BCUT2D eigenvalue weighted by atomic mass is 9.97. The van der Waals surface area contributed by atoms with Crippen molar-refractivity contribution >= 4 is 33.9 Å². The molecule has 2 aromatic carbocycles. The van der Waals surface area contributed by atoms with Crippen LogP contribution in [-0.4, -0.2) is 25.6 Å². The van der Waals surface area contributed by atoms with Crippen molar-refractivity contribution in [2.45, 2.75) is 27.2 Å². The number of thiophene rings is 1. The van der Waals surface area contributed by atoms with Crippen molar-refractivity contribution in [3.8, 4) is 16.9 Å². The van der Waals surface area contributed by atoms with Gasteiger partial charge in [0.25, 0.3) is 5.91 Å². The first-order chi connectivity index (χ1) is 14.8. The number of methoxy groups -OCH3 is 1. The topological polar surface area (TPSA) is 90.6 Å². The van der Waals surface area contributed by atoms with Crippen LogP contribution in [0.3, 0.4) is 0 Å². The number of carbonyl (C=O) groups excluding carboxylic acids is 2. The van der Waals surface area contributed by atoms with E-state index in [0.717, 1.165) is 28.7 Å². The highest BCUT2D eigenvalue weighted by Crippen LogP contribution is 2.38. The van der Waals surface area contributed by atoms with Crippen LogP contribution in [0.4, 0.5) is 10.7 Å². The molecule has 0 atom stereocenters. The first-order valence-corrected chi connectivity index (χ1v) is 10.8. The number of nitrogens with two attached hydrogens (primary N) is 1. The van der Waals surface area contributed by atoms with E-state index >= 15 is 0 Å². The van der Waals surface area contributed by atoms with E-state index in [-0.39, 0.29) is 5.91 Å². The molecule has 0 fully saturated rings. The average Bonchev–Trinajstić information content (AvgIpc) is 3.17. The molecule has 31 heavy (non-hydrogen) atoms. The summed E-state index contributed by atoms with van der Waals surface area (Å²) < 4.78 is 10.6. The summed E-state index contributed by atoms with van der Waals surface area (Å²) in [6.45, 7) is 6.53. The minimum atomic E-state index is -0.504. The predicted molar refractivity (Wildman–Crippen MR) is 125 cm³/mol. The number of rotatable bonds is 7. The lowest BCUT2D eigenvalue weighted by Crippen LogP contribution is -2.14. The van der Waals surface area contributed by atoms with Crippen LogP contribution in [0.5, 0.6) is 5.75 Å². The van der Waals surface area contributed by atoms with Crippen molar-refractivity contribution in [2.24, 2.45) is 0 Å². The summed E-state index contributed by atoms with van der Waals surface area (Å²) in [5.41, 5.74) is 10.9. The number of benzene rings is 2. The summed E-state index contributed by atoms with van der Waals surface area (Å²) in [6, 6.07) is 10.9. The number of hydrogen-bond donors (Lipinski definition) is 2. The molecule has 1 aromatic heterocycles. The van der Waals surface area contributed by atoms with Crippen LogP contribution < -0.4 is 15.8 Å². The van der Waals surface area contributed by atoms with E-state index in [1.165, 1.54) is 18.4 Å². The number of ether oxygens (including phenoxy) is 2. The highest BCUT2D eigenvalue weighted by Gasteiger charge is 2.23. The summed E-state index contributed by atoms with van der Waals surface area (Å²) in [5.74, 6) is -0.328. The standard InChI is InChI=1S/C24H26N2O4S/c1-5-10-30-20-9-8-16(12-19(20)25)22(27)26-23-21(24(28)29-4)18(13-31-23)17-11-14(2)6-7-15(17)3/h6-9,11-13H,5,10,25H2,1-4H3,(H,26,27). The largest absolute Gasteiger partial charge is 0.491 e. The Morgan fingerprint density at radius 3 is 2.55 bits per heavy atom. The van der Waals surface area contributed by atoms with E-state index in [0.29, 0.717) is 34.2 Å². The molecule has 0 saturated heterocycles. The quantitative estimate of drug-likeness (QED) is 0.378. The highest BCUT2D eigenvalue weighted by molar-refractivity contribution is 7.15. The third kappa shape index (κ3) is 4.88. The van der Waals surface area contributed by atoms with Crippen LogP contribution in [0.25, 0.3) is 11.1 Å². The number of anilines is 2. The number of amides is 1. The zero-order valence-electron chi connectivity index (χ0n) is 18.1. The van der Waals surface area contributed by atoms with E-state index in [1.807, 2.05) is 44.4 Å². The molecule has 162 valence electrons. The molecule has 1 amide bonds. The molecule has 0 aliphatic rings. The number of nitrogens with one attached hydrogen (secondary N) is 1. The molecular formula is C24H26N2O4S. The van der Waals surface area contributed by atoms with Crippen LogP contribution in [0.15, 0.2) is 41.8 Å². The molecule has 0 unspecified atom stereocenters. The fourth-order valence-electron chi connectivity index (χ4n) is 3.19. The Bertz CT molecular complexity index is 1120. The van der Waals surface area contributed by atoms with Gasteiger partial charge in [-0.05, 0) is 49.6 Å². The number of nitrogen functional groups attached to an aromatic ring is 1. The third-order valence-corrected chi connectivity index (χ3v) is 5.72. The first kappa shape index (κ1) is 22.4. The predicted octanol–water partition coefficient (Wildman–Crippen LogP) is 5.44. The monoisotopic (exact) mass is 438 g/mol. The fraction of sp³-hybridized carbons (Fsp3) is 0.250. The molecule has 3 aromatic rings. The van der Waals surface area contributed by atoms with Gasteiger partial charge in [-0.1, -0.05) is 30.7 Å². The van der Waals surface area contributed by atoms with Crippen molar-refractivity contribution in [3.63, 3.8) is 0 Å². The molecule has 0 aliphatic carbocycles. The minimum absolute atomic E-state index is 0.338. The minimum Gasteiger partial charge on any atom is -0.491 e. The maximum atomic E-state index is 12.9. The van der Waals surface area contributed by atoms with E-state index < -0.39 is 5.97 Å². The summed E-state index contributed by atoms with van der Waals surface area (Å²) >= 11 is 1.28. The molecule has 3 rings (SSSR count). The molecular weight excluding hydrogens is 412 g/mol. The molecule has 3 N–H and O–H groups in total. The summed E-state index contributed by atoms with van der Waals surface area (Å²) in [4.78, 5) is 25.5. The van der Waals surface area contributed by atoms with Gasteiger partial charge in [0.05, 0.1) is 19.4 Å². The summed E-state index contributed by atoms with van der Waals surface area (Å²) in [6.07, 6.45) is 0.860. The Hall–Kier alpha value is -3.32. The molecule has 0 saturated carbocycles. The zero-order chi connectivity index (χ0) is 22.5. The van der Waals surface area contributed by atoms with Crippen molar-refractivity contribution < 1.29 is 19.1 Å². The smallest absolute Gasteiger partial charge is 0.341 e. The molecule has 0 spiro atoms. The van der Waals surface area contributed by atoms with Gasteiger partial charge < -0.3 is 20.5 Å². The van der Waals surface area contributed by atoms with Crippen molar-refractivity contribution in [3.05, 3.63) is 64.0 Å². The molecule has 0 aliphatic heterocycles. The van der Waals surface area contributed by atoms with Gasteiger partial charge >= 0.3 is 5.97 Å². The van der Waals surface area contributed by atoms with Gasteiger partial charge in [0.15, 0.2) is 0 Å². The second kappa shape index (κ2) is 9.66. The fourth-order valence-corrected chi connectivity index (χ4v) is 4.13. The lowest BCUT2D eigenvalue weighted by Gasteiger charge is -2.11. The van der Waals surface area contributed by atoms with E-state index in [4.69, 9.17) is 15.2 Å². The first-order valence-electron chi connectivity index (χ1n) is 9.96. The normalized spacial score (nSPS) is 10.6. The van der Waals surface area contributed by atoms with Crippen LogP contribution in [-0.2, 0) is 4.74 Å². The third-order valence-electron chi connectivity index (χ3n) is 4.82. The Balaban J connectivity index is 1.94. The van der Waals surface area contributed by atoms with E-state index in [9.17, 15) is 9.59 Å². The lowest BCUT2D eigenvalue weighted by molar-refractivity contribution is 0.0603. The molecule has 7 heteroatoms. The van der Waals surface area contributed by atoms with Gasteiger partial charge in [-0.15, -0.1) is 11.3 Å². The van der Waals surface area contributed by atoms with Gasteiger partial charge in [0.2, 0.25) is 0 Å². The second-order valence-electron chi connectivity index (χ2n) is 7.22. The maximum absolute atomic E-state index is 12.9. The van der Waals surface area contributed by atoms with Crippen molar-refractivity contribution in [2.75, 3.05) is 24.8 Å². The van der Waals surface area contributed by atoms with Crippen LogP contribution in [0.1, 0.15) is 45.2 Å². The maximum Gasteiger partial charge on any atom is 0.341 e. The SMILES string of the molecule is CCCOc1ccc(C(=O)Nc2scc(-c3cc(C)ccc3C)c2C(=O)OC)cc1N. The molecule has 0 radical (unpaired) electrons. The Kier molecular flexibility index (Phi) is 6.97. The highest BCUT2D eigenvalue weighted by atomic mass is 32.1. The Labute approximate surface area is 186 Å².